The van der Waals surface area contributed by atoms with Crippen LogP contribution in [0.1, 0.15) is 23.8 Å². The molecule has 0 spiro atoms. The first-order valence-corrected chi connectivity index (χ1v) is 6.25. The van der Waals surface area contributed by atoms with Gasteiger partial charge >= 0.3 is 5.97 Å². The van der Waals surface area contributed by atoms with Crippen LogP contribution in [-0.4, -0.2) is 43.4 Å². The molecule has 106 valence electrons. The van der Waals surface area contributed by atoms with Gasteiger partial charge in [0.2, 0.25) is 0 Å². The zero-order valence-corrected chi connectivity index (χ0v) is 11.0. The smallest absolute Gasteiger partial charge is 0.356 e. The van der Waals surface area contributed by atoms with Gasteiger partial charge in [0.05, 0.1) is 18.3 Å². The lowest BCUT2D eigenvalue weighted by atomic mass is 10.2. The Kier molecular flexibility index (Phi) is 4.31. The summed E-state index contributed by atoms with van der Waals surface area (Å²) in [6.45, 7) is 1.99. The normalized spacial score (nSPS) is 12.1. The number of aromatic carboxylic acids is 1. The summed E-state index contributed by atoms with van der Waals surface area (Å²) in [6, 6.07) is 3.46. The van der Waals surface area contributed by atoms with Gasteiger partial charge < -0.3 is 20.1 Å². The molecule has 0 radical (unpaired) electrons. The summed E-state index contributed by atoms with van der Waals surface area (Å²) in [5, 5.41) is 21.1. The molecule has 20 heavy (non-hydrogen) atoms. The lowest BCUT2D eigenvalue weighted by Crippen LogP contribution is -2.23. The van der Waals surface area contributed by atoms with Crippen LogP contribution in [0.2, 0.25) is 0 Å². The molecule has 2 aromatic heterocycles. The number of pyridine rings is 1. The van der Waals surface area contributed by atoms with Gasteiger partial charge in [0.1, 0.15) is 12.1 Å². The Hall–Kier alpha value is -2.41. The molecule has 0 aliphatic rings. The van der Waals surface area contributed by atoms with E-state index in [0.29, 0.717) is 5.82 Å². The van der Waals surface area contributed by atoms with Crippen LogP contribution in [0.3, 0.4) is 0 Å². The molecule has 0 saturated carbocycles. The fraction of sp³-hybridized carbons (Fsp3) is 0.308. The van der Waals surface area contributed by atoms with Gasteiger partial charge in [0, 0.05) is 18.5 Å². The maximum Gasteiger partial charge on any atom is 0.356 e. The quantitative estimate of drug-likeness (QED) is 0.731. The highest BCUT2D eigenvalue weighted by atomic mass is 16.4. The molecule has 0 saturated heterocycles. The maximum atomic E-state index is 10.8. The van der Waals surface area contributed by atoms with Crippen molar-refractivity contribution in [2.24, 2.45) is 0 Å². The summed E-state index contributed by atoms with van der Waals surface area (Å²) in [4.78, 5) is 18.8. The number of nitrogens with one attached hydrogen (secondary N) is 1. The second-order valence-electron chi connectivity index (χ2n) is 4.30. The zero-order valence-electron chi connectivity index (χ0n) is 11.0. The molecule has 0 fully saturated rings. The third-order valence-electron chi connectivity index (χ3n) is 2.91. The fourth-order valence-electron chi connectivity index (χ4n) is 1.72. The number of carboxylic acids is 1. The Morgan fingerprint density at radius 1 is 1.50 bits per heavy atom. The Balaban J connectivity index is 2.22. The van der Waals surface area contributed by atoms with E-state index in [2.05, 4.69) is 15.3 Å². The number of imidazole rings is 1. The van der Waals surface area contributed by atoms with E-state index in [1.165, 1.54) is 12.5 Å². The van der Waals surface area contributed by atoms with Crippen LogP contribution in [0.25, 0.3) is 5.69 Å². The van der Waals surface area contributed by atoms with Gasteiger partial charge in [-0.1, -0.05) is 6.92 Å². The monoisotopic (exact) mass is 276 g/mol. The maximum absolute atomic E-state index is 10.8. The molecule has 0 amide bonds. The lowest BCUT2D eigenvalue weighted by molar-refractivity contribution is 0.0691. The first kappa shape index (κ1) is 14.0. The molecule has 2 rings (SSSR count). The van der Waals surface area contributed by atoms with E-state index in [4.69, 9.17) is 10.2 Å². The summed E-state index contributed by atoms with van der Waals surface area (Å²) in [5.41, 5.74) is 0.730. The first-order valence-electron chi connectivity index (χ1n) is 6.25. The number of anilines is 1. The molecule has 0 aromatic carbocycles. The Bertz CT molecular complexity index is 593. The van der Waals surface area contributed by atoms with E-state index in [1.807, 2.05) is 6.92 Å². The van der Waals surface area contributed by atoms with Crippen molar-refractivity contribution in [1.29, 1.82) is 0 Å². The average molecular weight is 276 g/mol. The van der Waals surface area contributed by atoms with Crippen molar-refractivity contribution < 1.29 is 15.0 Å². The van der Waals surface area contributed by atoms with Crippen LogP contribution in [0.5, 0.6) is 0 Å². The standard InChI is InChI=1S/C13H16N4O3/c1-2-9(7-18)16-12-5-10(3-4-14-12)17-6-11(13(19)20)15-8-17/h3-6,8-9,18H,2,7H2,1H3,(H,14,16)(H,19,20). The van der Waals surface area contributed by atoms with E-state index >= 15 is 0 Å². The van der Waals surface area contributed by atoms with Gasteiger partial charge in [-0.3, -0.25) is 0 Å². The molecule has 2 aromatic rings. The predicted molar refractivity (Wildman–Crippen MR) is 73.1 cm³/mol. The minimum atomic E-state index is -1.07. The van der Waals surface area contributed by atoms with E-state index < -0.39 is 5.97 Å². The van der Waals surface area contributed by atoms with Crippen molar-refractivity contribution >= 4 is 11.8 Å². The minimum Gasteiger partial charge on any atom is -0.476 e. The third kappa shape index (κ3) is 3.12. The number of rotatable bonds is 6. The molecule has 0 aliphatic carbocycles. The van der Waals surface area contributed by atoms with Crippen molar-refractivity contribution in [3.05, 3.63) is 36.5 Å². The molecule has 7 heteroatoms. The van der Waals surface area contributed by atoms with Crippen molar-refractivity contribution in [3.8, 4) is 5.69 Å². The number of aromatic nitrogens is 3. The molecule has 7 nitrogen and oxygen atoms in total. The second-order valence-corrected chi connectivity index (χ2v) is 4.30. The fourth-order valence-corrected chi connectivity index (χ4v) is 1.72. The SMILES string of the molecule is CCC(CO)Nc1cc(-n2cnc(C(=O)O)c2)ccn1. The number of aliphatic hydroxyl groups excluding tert-OH is 1. The summed E-state index contributed by atoms with van der Waals surface area (Å²) >= 11 is 0. The van der Waals surface area contributed by atoms with Gasteiger partial charge in [0.15, 0.2) is 5.69 Å². The van der Waals surface area contributed by atoms with E-state index in [0.717, 1.165) is 12.1 Å². The summed E-state index contributed by atoms with van der Waals surface area (Å²) in [7, 11) is 0. The van der Waals surface area contributed by atoms with Crippen LogP contribution in [0.15, 0.2) is 30.9 Å². The molecular weight excluding hydrogens is 260 g/mol. The van der Waals surface area contributed by atoms with E-state index in [9.17, 15) is 4.79 Å². The van der Waals surface area contributed by atoms with Gasteiger partial charge in [-0.05, 0) is 12.5 Å². The number of carboxylic acid groups (broad SMARTS) is 1. The molecule has 1 atom stereocenters. The van der Waals surface area contributed by atoms with Crippen molar-refractivity contribution in [2.75, 3.05) is 11.9 Å². The Morgan fingerprint density at radius 2 is 2.30 bits per heavy atom. The van der Waals surface area contributed by atoms with Crippen LogP contribution in [-0.2, 0) is 0 Å². The van der Waals surface area contributed by atoms with Gasteiger partial charge in [0.25, 0.3) is 0 Å². The highest BCUT2D eigenvalue weighted by molar-refractivity contribution is 5.85. The molecule has 1 unspecified atom stereocenters. The predicted octanol–water partition coefficient (Wildman–Crippen LogP) is 1.15. The minimum absolute atomic E-state index is 0.0156. The highest BCUT2D eigenvalue weighted by Crippen LogP contribution is 2.14. The lowest BCUT2D eigenvalue weighted by Gasteiger charge is -2.15. The van der Waals surface area contributed by atoms with Gasteiger partial charge in [-0.25, -0.2) is 14.8 Å². The van der Waals surface area contributed by atoms with Crippen LogP contribution >= 0.6 is 0 Å². The van der Waals surface area contributed by atoms with Crippen LogP contribution in [0.4, 0.5) is 5.82 Å². The number of aliphatic hydroxyl groups is 1. The largest absolute Gasteiger partial charge is 0.476 e. The molecular formula is C13H16N4O3. The summed E-state index contributed by atoms with van der Waals surface area (Å²) in [6.07, 6.45) is 5.26. The third-order valence-corrected chi connectivity index (χ3v) is 2.91. The Labute approximate surface area is 115 Å². The van der Waals surface area contributed by atoms with Gasteiger partial charge in [-0.2, -0.15) is 0 Å². The summed E-state index contributed by atoms with van der Waals surface area (Å²) in [5.74, 6) is -0.448. The molecule has 0 aliphatic heterocycles. The highest BCUT2D eigenvalue weighted by Gasteiger charge is 2.09. The van der Waals surface area contributed by atoms with Gasteiger partial charge in [-0.15, -0.1) is 0 Å². The van der Waals surface area contributed by atoms with E-state index in [-0.39, 0.29) is 18.3 Å². The zero-order chi connectivity index (χ0) is 14.5. The number of carbonyl (C=O) groups is 1. The molecule has 2 heterocycles. The molecule has 0 bridgehead atoms. The van der Waals surface area contributed by atoms with Crippen molar-refractivity contribution in [3.63, 3.8) is 0 Å². The molecule has 3 N–H and O–H groups in total. The number of hydrogen-bond acceptors (Lipinski definition) is 5. The van der Waals surface area contributed by atoms with Crippen LogP contribution < -0.4 is 5.32 Å². The van der Waals surface area contributed by atoms with Crippen molar-refractivity contribution in [2.45, 2.75) is 19.4 Å². The van der Waals surface area contributed by atoms with E-state index in [1.54, 1.807) is 22.9 Å². The second kappa shape index (κ2) is 6.16. The number of nitrogens with zero attached hydrogens (tertiary/aromatic N) is 3. The first-order chi connectivity index (χ1) is 9.63. The number of hydrogen-bond donors (Lipinski definition) is 3. The summed E-state index contributed by atoms with van der Waals surface area (Å²) < 4.78 is 1.61. The topological polar surface area (TPSA) is 100 Å². The van der Waals surface area contributed by atoms with Crippen LogP contribution in [0, 0.1) is 0 Å². The average Bonchev–Trinajstić information content (AvgIpc) is 2.95. The Morgan fingerprint density at radius 3 is 2.90 bits per heavy atom. The van der Waals surface area contributed by atoms with Crippen molar-refractivity contribution in [1.82, 2.24) is 14.5 Å².